The summed E-state index contributed by atoms with van der Waals surface area (Å²) in [6, 6.07) is 16.5. The van der Waals surface area contributed by atoms with E-state index < -0.39 is 22.6 Å². The van der Waals surface area contributed by atoms with Gasteiger partial charge in [-0.1, -0.05) is 54.6 Å². The molecular weight excluding hydrogens is 516 g/mol. The minimum Gasteiger partial charge on any atom is -0.396 e. The lowest BCUT2D eigenvalue weighted by Crippen LogP contribution is -2.56. The van der Waals surface area contributed by atoms with E-state index >= 15 is 0 Å². The van der Waals surface area contributed by atoms with Gasteiger partial charge in [0.2, 0.25) is 17.7 Å². The lowest BCUT2D eigenvalue weighted by atomic mass is 9.66. The van der Waals surface area contributed by atoms with E-state index in [1.807, 2.05) is 54.6 Å². The molecule has 1 aromatic heterocycles. The van der Waals surface area contributed by atoms with Crippen LogP contribution in [0.25, 0.3) is 11.0 Å². The number of aromatic nitrogens is 3. The van der Waals surface area contributed by atoms with Gasteiger partial charge in [-0.3, -0.25) is 14.4 Å². The van der Waals surface area contributed by atoms with Crippen molar-refractivity contribution in [2.75, 3.05) is 13.2 Å². The Labute approximate surface area is 230 Å². The molecule has 3 aliphatic heterocycles. The summed E-state index contributed by atoms with van der Waals surface area (Å²) in [4.78, 5) is 43.0. The molecule has 3 N–H and O–H groups in total. The molecule has 204 valence electrons. The Morgan fingerprint density at radius 3 is 2.67 bits per heavy atom. The molecule has 2 bridgehead atoms. The first kappa shape index (κ1) is 25.8. The van der Waals surface area contributed by atoms with Gasteiger partial charge in [0.1, 0.15) is 18.2 Å². The summed E-state index contributed by atoms with van der Waals surface area (Å²) < 4.78 is 0.917. The first-order valence-corrected chi connectivity index (χ1v) is 14.3. The highest BCUT2D eigenvalue weighted by Gasteiger charge is 2.75. The van der Waals surface area contributed by atoms with E-state index in [2.05, 4.69) is 27.9 Å². The average Bonchev–Trinajstić information content (AvgIpc) is 3.67. The molecule has 3 amide bonds. The molecule has 3 aromatic rings. The van der Waals surface area contributed by atoms with Crippen LogP contribution in [0, 0.1) is 17.8 Å². The molecule has 6 rings (SSSR count). The zero-order valence-corrected chi connectivity index (χ0v) is 22.5. The number of rotatable bonds is 9. The van der Waals surface area contributed by atoms with Gasteiger partial charge < -0.3 is 20.6 Å². The Balaban J connectivity index is 1.26. The number of amides is 3. The zero-order valence-electron chi connectivity index (χ0n) is 21.7. The second-order valence-electron chi connectivity index (χ2n) is 10.6. The van der Waals surface area contributed by atoms with Gasteiger partial charge in [-0.25, -0.2) is 4.68 Å². The SMILES string of the molecule is CC1C[C@@H]2SC13C(C(=O)NCn1nnc4ccccc41)N(CCCO)C(=O)[C@@H]3[C@@H]2C(=O)NCc1ccccc1. The van der Waals surface area contributed by atoms with Crippen LogP contribution in [0.5, 0.6) is 0 Å². The number of carbonyl (C=O) groups is 3. The largest absolute Gasteiger partial charge is 0.396 e. The van der Waals surface area contributed by atoms with Crippen molar-refractivity contribution in [1.29, 1.82) is 0 Å². The fourth-order valence-electron chi connectivity index (χ4n) is 6.79. The molecule has 0 aliphatic carbocycles. The third kappa shape index (κ3) is 4.19. The summed E-state index contributed by atoms with van der Waals surface area (Å²) in [5, 5.41) is 23.9. The molecule has 10 nitrogen and oxygen atoms in total. The molecule has 3 aliphatic rings. The molecular formula is C28H32N6O4S. The predicted octanol–water partition coefficient (Wildman–Crippen LogP) is 1.54. The molecule has 6 atom stereocenters. The van der Waals surface area contributed by atoms with Crippen LogP contribution in [0.4, 0.5) is 0 Å². The summed E-state index contributed by atoms with van der Waals surface area (Å²) in [6.07, 6.45) is 1.13. The number of aliphatic hydroxyl groups is 1. The minimum absolute atomic E-state index is 0.0284. The van der Waals surface area contributed by atoms with Crippen LogP contribution in [-0.4, -0.2) is 71.9 Å². The van der Waals surface area contributed by atoms with Gasteiger partial charge >= 0.3 is 0 Å². The monoisotopic (exact) mass is 548 g/mol. The maximum Gasteiger partial charge on any atom is 0.245 e. The van der Waals surface area contributed by atoms with Crippen molar-refractivity contribution in [3.05, 3.63) is 60.2 Å². The number of fused-ring (bicyclic) bond motifs is 2. The van der Waals surface area contributed by atoms with Crippen molar-refractivity contribution in [2.24, 2.45) is 17.8 Å². The number of nitrogens with zero attached hydrogens (tertiary/aromatic N) is 4. The van der Waals surface area contributed by atoms with E-state index in [-0.39, 0.29) is 48.7 Å². The normalized spacial score (nSPS) is 29.1. The summed E-state index contributed by atoms with van der Waals surface area (Å²) in [5.74, 6) is -1.60. The molecule has 3 saturated heterocycles. The average molecular weight is 549 g/mol. The van der Waals surface area contributed by atoms with Crippen LogP contribution in [-0.2, 0) is 27.6 Å². The van der Waals surface area contributed by atoms with Crippen molar-refractivity contribution < 1.29 is 19.5 Å². The Morgan fingerprint density at radius 1 is 1.10 bits per heavy atom. The van der Waals surface area contributed by atoms with E-state index in [4.69, 9.17) is 0 Å². The summed E-state index contributed by atoms with van der Waals surface area (Å²) in [7, 11) is 0. The maximum atomic E-state index is 14.0. The maximum absolute atomic E-state index is 14.0. The number of benzene rings is 2. The highest BCUT2D eigenvalue weighted by Crippen LogP contribution is 2.68. The molecule has 3 fully saturated rings. The van der Waals surface area contributed by atoms with Crippen molar-refractivity contribution in [3.63, 3.8) is 0 Å². The highest BCUT2D eigenvalue weighted by atomic mass is 32.2. The quantitative estimate of drug-likeness (QED) is 0.370. The lowest BCUT2D eigenvalue weighted by molar-refractivity contribution is -0.140. The van der Waals surface area contributed by atoms with Crippen LogP contribution < -0.4 is 10.6 Å². The molecule has 4 heterocycles. The second-order valence-corrected chi connectivity index (χ2v) is 12.2. The van der Waals surface area contributed by atoms with Crippen LogP contribution in [0.3, 0.4) is 0 Å². The van der Waals surface area contributed by atoms with E-state index in [1.54, 1.807) is 21.3 Å². The number of aliphatic hydroxyl groups excluding tert-OH is 1. The smallest absolute Gasteiger partial charge is 0.245 e. The van der Waals surface area contributed by atoms with E-state index in [9.17, 15) is 19.5 Å². The summed E-state index contributed by atoms with van der Waals surface area (Å²) in [5.41, 5.74) is 2.52. The highest BCUT2D eigenvalue weighted by molar-refractivity contribution is 8.02. The number of hydrogen-bond acceptors (Lipinski definition) is 7. The molecule has 11 heteroatoms. The molecule has 39 heavy (non-hydrogen) atoms. The molecule has 2 aromatic carbocycles. The topological polar surface area (TPSA) is 129 Å². The Hall–Kier alpha value is -3.44. The number of carbonyl (C=O) groups excluding carboxylic acids is 3. The number of nitrogens with one attached hydrogen (secondary N) is 2. The van der Waals surface area contributed by atoms with Crippen molar-refractivity contribution in [1.82, 2.24) is 30.5 Å². The van der Waals surface area contributed by atoms with Crippen LogP contribution in [0.15, 0.2) is 54.6 Å². The van der Waals surface area contributed by atoms with E-state index in [0.717, 1.165) is 23.0 Å². The molecule has 1 spiro atoms. The van der Waals surface area contributed by atoms with Crippen molar-refractivity contribution >= 4 is 40.5 Å². The molecule has 0 saturated carbocycles. The van der Waals surface area contributed by atoms with E-state index in [1.165, 1.54) is 0 Å². The van der Waals surface area contributed by atoms with Gasteiger partial charge in [-0.15, -0.1) is 16.9 Å². The van der Waals surface area contributed by atoms with Gasteiger partial charge in [-0.05, 0) is 36.5 Å². The number of para-hydroxylation sites is 1. The fourth-order valence-corrected chi connectivity index (χ4v) is 9.21. The Bertz CT molecular complexity index is 1400. The van der Waals surface area contributed by atoms with Gasteiger partial charge in [-0.2, -0.15) is 0 Å². The third-order valence-electron chi connectivity index (χ3n) is 8.49. The van der Waals surface area contributed by atoms with Crippen LogP contribution in [0.2, 0.25) is 0 Å². The molecule has 0 radical (unpaired) electrons. The minimum atomic E-state index is -0.742. The van der Waals surface area contributed by atoms with Gasteiger partial charge in [0.15, 0.2) is 0 Å². The van der Waals surface area contributed by atoms with Crippen molar-refractivity contribution in [2.45, 2.75) is 49.0 Å². The fraction of sp³-hybridized carbons (Fsp3) is 0.464. The van der Waals surface area contributed by atoms with Gasteiger partial charge in [0, 0.05) is 24.9 Å². The summed E-state index contributed by atoms with van der Waals surface area (Å²) in [6.45, 7) is 2.76. The number of hydrogen-bond donors (Lipinski definition) is 3. The Kier molecular flexibility index (Phi) is 6.80. The molecule has 3 unspecified atom stereocenters. The first-order valence-electron chi connectivity index (χ1n) is 13.4. The predicted molar refractivity (Wildman–Crippen MR) is 146 cm³/mol. The summed E-state index contributed by atoms with van der Waals surface area (Å²) >= 11 is 1.64. The lowest BCUT2D eigenvalue weighted by Gasteiger charge is -2.38. The number of thioether (sulfide) groups is 1. The standard InChI is InChI=1S/C28H32N6O4S/c1-17-14-21-22(25(36)29-15-18-8-3-2-4-9-18)23-27(38)33(12-7-13-35)24(28(17,23)39-21)26(37)30-16-34-20-11-6-5-10-19(20)31-32-34/h2-6,8-11,17,21-24,35H,7,12-16H2,1H3,(H,29,36)(H,30,37)/t17?,21-,22+,23-,24?,28?/m0/s1. The Morgan fingerprint density at radius 2 is 1.87 bits per heavy atom. The van der Waals surface area contributed by atoms with Crippen LogP contribution >= 0.6 is 11.8 Å². The van der Waals surface area contributed by atoms with E-state index in [0.29, 0.717) is 13.0 Å². The van der Waals surface area contributed by atoms with Gasteiger partial charge in [0.25, 0.3) is 0 Å². The second kappa shape index (κ2) is 10.3. The van der Waals surface area contributed by atoms with Gasteiger partial charge in [0.05, 0.1) is 22.1 Å². The number of likely N-dealkylation sites (tertiary alicyclic amines) is 1. The first-order chi connectivity index (χ1) is 19.0. The third-order valence-corrected chi connectivity index (χ3v) is 10.6. The van der Waals surface area contributed by atoms with Crippen LogP contribution in [0.1, 0.15) is 25.3 Å². The van der Waals surface area contributed by atoms with Crippen molar-refractivity contribution in [3.8, 4) is 0 Å². The zero-order chi connectivity index (χ0) is 27.1.